The fourth-order valence-corrected chi connectivity index (χ4v) is 3.71. The zero-order valence-corrected chi connectivity index (χ0v) is 14.7. The molecule has 0 bridgehead atoms. The van der Waals surface area contributed by atoms with Crippen LogP contribution in [-0.4, -0.2) is 25.4 Å². The summed E-state index contributed by atoms with van der Waals surface area (Å²) in [5.74, 6) is 1.25. The molecule has 0 unspecified atom stereocenters. The summed E-state index contributed by atoms with van der Waals surface area (Å²) in [6.45, 7) is 0.489. The molecule has 2 aliphatic rings. The smallest absolute Gasteiger partial charge is 0.258 e. The Balaban J connectivity index is 1.63. The number of nitrogens with zero attached hydrogens (tertiary/aromatic N) is 1. The monoisotopic (exact) mass is 351 g/mol. The van der Waals surface area contributed by atoms with E-state index in [9.17, 15) is 9.59 Å². The summed E-state index contributed by atoms with van der Waals surface area (Å²) in [4.78, 5) is 25.5. The number of carbonyl (C=O) groups is 2. The number of amides is 1. The van der Waals surface area contributed by atoms with Gasteiger partial charge in [0.25, 0.3) is 5.91 Å². The summed E-state index contributed by atoms with van der Waals surface area (Å²) in [6.07, 6.45) is 5.45. The molecule has 1 fully saturated rings. The number of methoxy groups -OCH3 is 1. The summed E-state index contributed by atoms with van der Waals surface area (Å²) in [5.41, 5.74) is 2.80. The first kappa shape index (κ1) is 16.6. The van der Waals surface area contributed by atoms with Gasteiger partial charge >= 0.3 is 0 Å². The lowest BCUT2D eigenvalue weighted by atomic mass is 10.1. The minimum absolute atomic E-state index is 0.0966. The molecule has 2 aromatic carbocycles. The number of anilines is 1. The SMILES string of the molecule is COc1ccc(N2Cc3ccc(C=O)cc3C2=O)cc1OC1CCCC1. The third-order valence-corrected chi connectivity index (χ3v) is 5.13. The van der Waals surface area contributed by atoms with Crippen molar-refractivity contribution in [1.29, 1.82) is 0 Å². The second kappa shape index (κ2) is 6.83. The van der Waals surface area contributed by atoms with Crippen LogP contribution >= 0.6 is 0 Å². The summed E-state index contributed by atoms with van der Waals surface area (Å²) >= 11 is 0. The van der Waals surface area contributed by atoms with Crippen LogP contribution in [0.1, 0.15) is 52.0 Å². The molecule has 26 heavy (non-hydrogen) atoms. The maximum atomic E-state index is 12.8. The molecule has 0 spiro atoms. The van der Waals surface area contributed by atoms with Gasteiger partial charge in [-0.25, -0.2) is 0 Å². The standard InChI is InChI=1S/C21H21NO4/c1-25-19-9-8-16(11-20(19)26-17-4-2-3-5-17)22-12-15-7-6-14(13-23)10-18(15)21(22)24/h6-11,13,17H,2-5,12H2,1H3. The number of ether oxygens (including phenoxy) is 2. The number of carbonyl (C=O) groups excluding carboxylic acids is 2. The van der Waals surface area contributed by atoms with E-state index < -0.39 is 0 Å². The molecule has 0 atom stereocenters. The van der Waals surface area contributed by atoms with Gasteiger partial charge in [-0.05, 0) is 49.4 Å². The molecular formula is C21H21NO4. The predicted molar refractivity (Wildman–Crippen MR) is 98.2 cm³/mol. The molecule has 1 aliphatic heterocycles. The average molecular weight is 351 g/mol. The third kappa shape index (κ3) is 2.94. The number of fused-ring (bicyclic) bond motifs is 1. The first-order valence-electron chi connectivity index (χ1n) is 8.94. The number of hydrogen-bond donors (Lipinski definition) is 0. The van der Waals surface area contributed by atoms with Gasteiger partial charge in [-0.15, -0.1) is 0 Å². The van der Waals surface area contributed by atoms with Gasteiger partial charge in [-0.1, -0.05) is 12.1 Å². The van der Waals surface area contributed by atoms with E-state index in [1.54, 1.807) is 24.1 Å². The Kier molecular flexibility index (Phi) is 4.37. The molecule has 5 nitrogen and oxygen atoms in total. The molecule has 0 aromatic heterocycles. The Bertz CT molecular complexity index is 855. The lowest BCUT2D eigenvalue weighted by molar-refractivity contribution is 0.0996. The minimum Gasteiger partial charge on any atom is -0.493 e. The number of benzene rings is 2. The lowest BCUT2D eigenvalue weighted by Gasteiger charge is -2.20. The van der Waals surface area contributed by atoms with Crippen LogP contribution in [0.2, 0.25) is 0 Å². The Morgan fingerprint density at radius 1 is 1.08 bits per heavy atom. The van der Waals surface area contributed by atoms with Gasteiger partial charge in [0.05, 0.1) is 19.8 Å². The van der Waals surface area contributed by atoms with Gasteiger partial charge in [-0.3, -0.25) is 9.59 Å². The molecule has 1 amide bonds. The predicted octanol–water partition coefficient (Wildman–Crippen LogP) is 3.99. The van der Waals surface area contributed by atoms with E-state index in [0.29, 0.717) is 29.2 Å². The van der Waals surface area contributed by atoms with Crippen molar-refractivity contribution in [2.45, 2.75) is 38.3 Å². The molecular weight excluding hydrogens is 330 g/mol. The Labute approximate surface area is 152 Å². The molecule has 1 saturated carbocycles. The van der Waals surface area contributed by atoms with Crippen molar-refractivity contribution in [3.05, 3.63) is 53.1 Å². The van der Waals surface area contributed by atoms with Crippen molar-refractivity contribution in [1.82, 2.24) is 0 Å². The lowest BCUT2D eigenvalue weighted by Crippen LogP contribution is -2.23. The van der Waals surface area contributed by atoms with Crippen LogP contribution in [0.25, 0.3) is 0 Å². The van der Waals surface area contributed by atoms with E-state index in [-0.39, 0.29) is 12.0 Å². The van der Waals surface area contributed by atoms with E-state index in [4.69, 9.17) is 9.47 Å². The quantitative estimate of drug-likeness (QED) is 0.765. The van der Waals surface area contributed by atoms with Crippen molar-refractivity contribution >= 4 is 17.9 Å². The topological polar surface area (TPSA) is 55.8 Å². The summed E-state index contributed by atoms with van der Waals surface area (Å²) < 4.78 is 11.6. The normalized spacial score (nSPS) is 16.7. The van der Waals surface area contributed by atoms with Crippen molar-refractivity contribution in [2.24, 2.45) is 0 Å². The highest BCUT2D eigenvalue weighted by atomic mass is 16.5. The van der Waals surface area contributed by atoms with Gasteiger partial charge < -0.3 is 14.4 Å². The molecule has 5 heteroatoms. The van der Waals surface area contributed by atoms with Crippen LogP contribution in [0.4, 0.5) is 5.69 Å². The molecule has 0 saturated heterocycles. The Hall–Kier alpha value is -2.82. The summed E-state index contributed by atoms with van der Waals surface area (Å²) in [5, 5.41) is 0. The van der Waals surface area contributed by atoms with Gasteiger partial charge in [0.1, 0.15) is 6.29 Å². The van der Waals surface area contributed by atoms with Crippen molar-refractivity contribution in [3.8, 4) is 11.5 Å². The Morgan fingerprint density at radius 3 is 2.62 bits per heavy atom. The second-order valence-corrected chi connectivity index (χ2v) is 6.79. The van der Waals surface area contributed by atoms with Crippen LogP contribution in [0.5, 0.6) is 11.5 Å². The van der Waals surface area contributed by atoms with E-state index in [0.717, 1.165) is 30.4 Å². The fraction of sp³-hybridized carbons (Fsp3) is 0.333. The van der Waals surface area contributed by atoms with Gasteiger partial charge in [-0.2, -0.15) is 0 Å². The maximum absolute atomic E-state index is 12.8. The molecule has 4 rings (SSSR count). The highest BCUT2D eigenvalue weighted by Crippen LogP contribution is 2.37. The van der Waals surface area contributed by atoms with Gasteiger partial charge in [0.2, 0.25) is 0 Å². The Morgan fingerprint density at radius 2 is 1.88 bits per heavy atom. The largest absolute Gasteiger partial charge is 0.493 e. The first-order valence-corrected chi connectivity index (χ1v) is 8.94. The van der Waals surface area contributed by atoms with Crippen LogP contribution in [0, 0.1) is 0 Å². The first-order chi connectivity index (χ1) is 12.7. The van der Waals surface area contributed by atoms with Crippen LogP contribution in [-0.2, 0) is 6.54 Å². The highest BCUT2D eigenvalue weighted by molar-refractivity contribution is 6.10. The van der Waals surface area contributed by atoms with Crippen LogP contribution < -0.4 is 14.4 Å². The van der Waals surface area contributed by atoms with Crippen molar-refractivity contribution < 1.29 is 19.1 Å². The van der Waals surface area contributed by atoms with Crippen LogP contribution in [0.15, 0.2) is 36.4 Å². The number of rotatable bonds is 5. The third-order valence-electron chi connectivity index (χ3n) is 5.13. The highest BCUT2D eigenvalue weighted by Gasteiger charge is 2.29. The van der Waals surface area contributed by atoms with E-state index >= 15 is 0 Å². The molecule has 0 radical (unpaired) electrons. The van der Waals surface area contributed by atoms with Gasteiger partial charge in [0, 0.05) is 22.9 Å². The summed E-state index contributed by atoms with van der Waals surface area (Å²) in [6, 6.07) is 10.8. The number of hydrogen-bond acceptors (Lipinski definition) is 4. The minimum atomic E-state index is -0.0966. The average Bonchev–Trinajstić information content (AvgIpc) is 3.29. The zero-order chi connectivity index (χ0) is 18.1. The van der Waals surface area contributed by atoms with Crippen molar-refractivity contribution in [3.63, 3.8) is 0 Å². The second-order valence-electron chi connectivity index (χ2n) is 6.79. The zero-order valence-electron chi connectivity index (χ0n) is 14.7. The van der Waals surface area contributed by atoms with E-state index in [2.05, 4.69) is 0 Å². The summed E-state index contributed by atoms with van der Waals surface area (Å²) in [7, 11) is 1.62. The number of aldehydes is 1. The van der Waals surface area contributed by atoms with Crippen LogP contribution in [0.3, 0.4) is 0 Å². The molecule has 2 aromatic rings. The molecule has 1 aliphatic carbocycles. The van der Waals surface area contributed by atoms with Crippen molar-refractivity contribution in [2.75, 3.05) is 12.0 Å². The van der Waals surface area contributed by atoms with E-state index in [1.165, 1.54) is 12.8 Å². The fourth-order valence-electron chi connectivity index (χ4n) is 3.71. The van der Waals surface area contributed by atoms with Gasteiger partial charge in [0.15, 0.2) is 11.5 Å². The maximum Gasteiger partial charge on any atom is 0.258 e. The molecule has 0 N–H and O–H groups in total. The van der Waals surface area contributed by atoms with E-state index in [1.807, 2.05) is 24.3 Å². The molecule has 1 heterocycles. The molecule has 134 valence electrons.